The van der Waals surface area contributed by atoms with E-state index in [1.807, 2.05) is 12.1 Å². The first-order valence-corrected chi connectivity index (χ1v) is 9.93. The van der Waals surface area contributed by atoms with Gasteiger partial charge < -0.3 is 14.6 Å². The molecule has 1 N–H and O–H groups in total. The van der Waals surface area contributed by atoms with Gasteiger partial charge in [0.25, 0.3) is 11.8 Å². The van der Waals surface area contributed by atoms with Crippen molar-refractivity contribution in [3.8, 4) is 5.75 Å². The monoisotopic (exact) mass is 392 g/mol. The number of aliphatic hydroxyl groups excluding tert-OH is 1. The van der Waals surface area contributed by atoms with Crippen molar-refractivity contribution in [1.82, 2.24) is 9.80 Å². The van der Waals surface area contributed by atoms with E-state index in [2.05, 4.69) is 4.90 Å². The Labute approximate surface area is 162 Å². The van der Waals surface area contributed by atoms with Crippen molar-refractivity contribution in [3.05, 3.63) is 34.7 Å². The highest BCUT2D eigenvalue weighted by Crippen LogP contribution is 2.39. The summed E-state index contributed by atoms with van der Waals surface area (Å²) in [7, 11) is 1.54. The molecule has 1 saturated heterocycles. The molecule has 1 aromatic carbocycles. The van der Waals surface area contributed by atoms with Crippen LogP contribution in [0.15, 0.2) is 29.2 Å². The molecular weight excluding hydrogens is 368 g/mol. The van der Waals surface area contributed by atoms with Gasteiger partial charge in [-0.25, -0.2) is 0 Å². The Morgan fingerprint density at radius 3 is 2.59 bits per heavy atom. The molecule has 0 spiro atoms. The lowest BCUT2D eigenvalue weighted by atomic mass is 10.1. The number of thioether (sulfide) groups is 1. The number of rotatable bonds is 8. The zero-order valence-corrected chi connectivity index (χ0v) is 16.2. The van der Waals surface area contributed by atoms with E-state index in [1.165, 1.54) is 23.8 Å². The third-order valence-electron chi connectivity index (χ3n) is 4.58. The van der Waals surface area contributed by atoms with Gasteiger partial charge in [0, 0.05) is 37.5 Å². The van der Waals surface area contributed by atoms with Gasteiger partial charge in [0.1, 0.15) is 5.75 Å². The summed E-state index contributed by atoms with van der Waals surface area (Å²) in [6.07, 6.45) is 0. The van der Waals surface area contributed by atoms with Gasteiger partial charge in [-0.1, -0.05) is 18.2 Å². The van der Waals surface area contributed by atoms with Crippen LogP contribution in [0.25, 0.3) is 5.57 Å². The second kappa shape index (κ2) is 9.36. The molecule has 7 nitrogen and oxygen atoms in total. The van der Waals surface area contributed by atoms with Crippen molar-refractivity contribution in [2.75, 3.05) is 58.9 Å². The highest BCUT2D eigenvalue weighted by Gasteiger charge is 2.40. The van der Waals surface area contributed by atoms with Crippen LogP contribution in [-0.2, 0) is 14.3 Å². The van der Waals surface area contributed by atoms with Crippen LogP contribution in [0.5, 0.6) is 5.75 Å². The van der Waals surface area contributed by atoms with E-state index in [0.29, 0.717) is 53.8 Å². The van der Waals surface area contributed by atoms with E-state index >= 15 is 0 Å². The molecule has 1 aromatic rings. The number of para-hydroxylation sites is 1. The molecule has 8 heteroatoms. The number of benzene rings is 1. The maximum absolute atomic E-state index is 13.1. The molecule has 146 valence electrons. The SMILES string of the molecule is COc1ccccc1C1=C(SCCO)C(=O)N(CCN2CCOCC2)C1=O. The van der Waals surface area contributed by atoms with E-state index in [4.69, 9.17) is 9.47 Å². The van der Waals surface area contributed by atoms with Crippen LogP contribution < -0.4 is 4.74 Å². The van der Waals surface area contributed by atoms with E-state index in [9.17, 15) is 14.7 Å². The lowest BCUT2D eigenvalue weighted by Crippen LogP contribution is -2.43. The van der Waals surface area contributed by atoms with Crippen molar-refractivity contribution in [3.63, 3.8) is 0 Å². The maximum Gasteiger partial charge on any atom is 0.268 e. The Kier molecular flexibility index (Phi) is 6.89. The minimum atomic E-state index is -0.307. The molecule has 2 heterocycles. The van der Waals surface area contributed by atoms with E-state index in [0.717, 1.165) is 13.1 Å². The number of ether oxygens (including phenoxy) is 2. The third kappa shape index (κ3) is 4.35. The van der Waals surface area contributed by atoms with Crippen molar-refractivity contribution in [2.24, 2.45) is 0 Å². The molecule has 2 aliphatic rings. The fraction of sp³-hybridized carbons (Fsp3) is 0.474. The zero-order valence-electron chi connectivity index (χ0n) is 15.3. The molecule has 27 heavy (non-hydrogen) atoms. The topological polar surface area (TPSA) is 79.3 Å². The Bertz CT molecular complexity index is 731. The molecule has 2 aliphatic heterocycles. The summed E-state index contributed by atoms with van der Waals surface area (Å²) in [5, 5.41) is 9.18. The summed E-state index contributed by atoms with van der Waals surface area (Å²) in [6, 6.07) is 7.18. The third-order valence-corrected chi connectivity index (χ3v) is 5.64. The molecule has 0 aromatic heterocycles. The molecule has 3 rings (SSSR count). The molecule has 0 saturated carbocycles. The fourth-order valence-corrected chi connectivity index (χ4v) is 4.06. The minimum absolute atomic E-state index is 0.0668. The number of carbonyl (C=O) groups is 2. The standard InChI is InChI=1S/C19H24N2O5S/c1-25-15-5-3-2-4-14(15)16-17(27-13-10-22)19(24)21(18(16)23)7-6-20-8-11-26-12-9-20/h2-5,22H,6-13H2,1H3. The summed E-state index contributed by atoms with van der Waals surface area (Å²) in [5.74, 6) is 0.293. The van der Waals surface area contributed by atoms with Crippen LogP contribution in [0, 0.1) is 0 Å². The molecule has 0 radical (unpaired) electrons. The van der Waals surface area contributed by atoms with Crippen LogP contribution >= 0.6 is 11.8 Å². The number of methoxy groups -OCH3 is 1. The Balaban J connectivity index is 1.84. The number of hydrogen-bond acceptors (Lipinski definition) is 7. The quantitative estimate of drug-likeness (QED) is 0.657. The van der Waals surface area contributed by atoms with E-state index < -0.39 is 0 Å². The first-order valence-electron chi connectivity index (χ1n) is 8.95. The van der Waals surface area contributed by atoms with Crippen LogP contribution in [-0.4, -0.2) is 85.6 Å². The lowest BCUT2D eigenvalue weighted by Gasteiger charge is -2.28. The highest BCUT2D eigenvalue weighted by atomic mass is 32.2. The first-order chi connectivity index (χ1) is 13.2. The van der Waals surface area contributed by atoms with E-state index in [1.54, 1.807) is 12.1 Å². The smallest absolute Gasteiger partial charge is 0.268 e. The van der Waals surface area contributed by atoms with Gasteiger partial charge in [0.15, 0.2) is 0 Å². The number of aliphatic hydroxyl groups is 1. The van der Waals surface area contributed by atoms with Crippen LogP contribution in [0.1, 0.15) is 5.56 Å². The van der Waals surface area contributed by atoms with Gasteiger partial charge >= 0.3 is 0 Å². The van der Waals surface area contributed by atoms with Gasteiger partial charge in [-0.15, -0.1) is 11.8 Å². The summed E-state index contributed by atoms with van der Waals surface area (Å²) in [4.78, 5) is 29.9. The predicted molar refractivity (Wildman–Crippen MR) is 103 cm³/mol. The van der Waals surface area contributed by atoms with Gasteiger partial charge in [0.05, 0.1) is 37.4 Å². The highest BCUT2D eigenvalue weighted by molar-refractivity contribution is 8.04. The van der Waals surface area contributed by atoms with Crippen LogP contribution in [0.4, 0.5) is 0 Å². The molecule has 0 atom stereocenters. The van der Waals surface area contributed by atoms with Crippen molar-refractivity contribution in [1.29, 1.82) is 0 Å². The predicted octanol–water partition coefficient (Wildman–Crippen LogP) is 0.833. The molecule has 2 amide bonds. The molecule has 1 fully saturated rings. The van der Waals surface area contributed by atoms with Gasteiger partial charge in [-0.3, -0.25) is 19.4 Å². The summed E-state index contributed by atoms with van der Waals surface area (Å²) in [5.41, 5.74) is 0.963. The van der Waals surface area contributed by atoms with Gasteiger partial charge in [-0.05, 0) is 6.07 Å². The number of imide groups is 1. The number of carbonyl (C=O) groups excluding carboxylic acids is 2. The van der Waals surface area contributed by atoms with Crippen molar-refractivity contribution < 1.29 is 24.2 Å². The van der Waals surface area contributed by atoms with E-state index in [-0.39, 0.29) is 18.4 Å². The van der Waals surface area contributed by atoms with Crippen LogP contribution in [0.3, 0.4) is 0 Å². The minimum Gasteiger partial charge on any atom is -0.496 e. The fourth-order valence-electron chi connectivity index (χ4n) is 3.19. The van der Waals surface area contributed by atoms with Crippen LogP contribution in [0.2, 0.25) is 0 Å². The molecule has 0 bridgehead atoms. The summed E-state index contributed by atoms with van der Waals surface area (Å²) in [6.45, 7) is 3.83. The van der Waals surface area contributed by atoms with Gasteiger partial charge in [0.2, 0.25) is 0 Å². The van der Waals surface area contributed by atoms with Gasteiger partial charge in [-0.2, -0.15) is 0 Å². The Hall–Kier alpha value is -1.87. The molecule has 0 aliphatic carbocycles. The molecule has 0 unspecified atom stereocenters. The normalized spacial score (nSPS) is 18.5. The number of nitrogens with zero attached hydrogens (tertiary/aromatic N) is 2. The number of morpholine rings is 1. The average Bonchev–Trinajstić information content (AvgIpc) is 2.94. The average molecular weight is 392 g/mol. The first kappa shape index (κ1) is 19.9. The number of hydrogen-bond donors (Lipinski definition) is 1. The second-order valence-corrected chi connectivity index (χ2v) is 7.30. The molecular formula is C19H24N2O5S. The summed E-state index contributed by atoms with van der Waals surface area (Å²) >= 11 is 1.21. The second-order valence-electron chi connectivity index (χ2n) is 6.19. The zero-order chi connectivity index (χ0) is 19.2. The maximum atomic E-state index is 13.1. The largest absolute Gasteiger partial charge is 0.496 e. The van der Waals surface area contributed by atoms with Crippen molar-refractivity contribution in [2.45, 2.75) is 0 Å². The van der Waals surface area contributed by atoms with Crippen molar-refractivity contribution >= 4 is 29.1 Å². The summed E-state index contributed by atoms with van der Waals surface area (Å²) < 4.78 is 10.7. The number of amides is 2. The Morgan fingerprint density at radius 1 is 1.15 bits per heavy atom. The lowest BCUT2D eigenvalue weighted by molar-refractivity contribution is -0.136. The Morgan fingerprint density at radius 2 is 1.89 bits per heavy atom.